The molecular weight excluding hydrogens is 518 g/mol. The van der Waals surface area contributed by atoms with Crippen LogP contribution in [0.3, 0.4) is 0 Å². The standard InChI is InChI=1S/C26H24BrNO7/c27-18-10-12-19(13-11-18)28-26(32)35-25(21-8-4-5-9-22(21)33-17-16-29)23(14-15-24(30)31)34-20-6-2-1-3-7-20/h1-15,23,25,29H,16-17H2,(H,28,32)(H,30,31)/b15-14+/t23-,25-/m1/s1. The molecule has 9 heteroatoms. The molecule has 0 spiro atoms. The van der Waals surface area contributed by atoms with Crippen molar-refractivity contribution in [3.63, 3.8) is 0 Å². The average Bonchev–Trinajstić information content (AvgIpc) is 2.86. The summed E-state index contributed by atoms with van der Waals surface area (Å²) in [6.07, 6.45) is -0.678. The van der Waals surface area contributed by atoms with E-state index < -0.39 is 24.3 Å². The minimum Gasteiger partial charge on any atom is -0.491 e. The maximum Gasteiger partial charge on any atom is 0.412 e. The third-order valence-corrected chi connectivity index (χ3v) is 5.17. The van der Waals surface area contributed by atoms with Gasteiger partial charge < -0.3 is 24.4 Å². The second-order valence-electron chi connectivity index (χ2n) is 7.16. The highest BCUT2D eigenvalue weighted by molar-refractivity contribution is 9.10. The molecule has 0 aliphatic rings. The third kappa shape index (κ3) is 8.16. The van der Waals surface area contributed by atoms with Gasteiger partial charge >= 0.3 is 12.1 Å². The Hall–Kier alpha value is -3.82. The fraction of sp³-hybridized carbons (Fsp3) is 0.154. The number of carbonyl (C=O) groups excluding carboxylic acids is 1. The number of carbonyl (C=O) groups is 2. The fourth-order valence-corrected chi connectivity index (χ4v) is 3.41. The number of aliphatic hydroxyl groups is 1. The number of aliphatic carboxylic acids is 1. The van der Waals surface area contributed by atoms with E-state index in [1.807, 2.05) is 6.07 Å². The summed E-state index contributed by atoms with van der Waals surface area (Å²) in [5, 5.41) is 21.1. The molecule has 3 N–H and O–H groups in total. The summed E-state index contributed by atoms with van der Waals surface area (Å²) in [5.41, 5.74) is 0.936. The van der Waals surface area contributed by atoms with Gasteiger partial charge in [-0.1, -0.05) is 52.3 Å². The Kier molecular flexibility index (Phi) is 9.70. The first-order chi connectivity index (χ1) is 17.0. The molecule has 3 rings (SSSR count). The van der Waals surface area contributed by atoms with Crippen molar-refractivity contribution >= 4 is 33.7 Å². The second-order valence-corrected chi connectivity index (χ2v) is 8.08. The van der Waals surface area contributed by atoms with Crippen molar-refractivity contribution in [2.24, 2.45) is 0 Å². The zero-order valence-electron chi connectivity index (χ0n) is 18.5. The van der Waals surface area contributed by atoms with E-state index in [1.165, 1.54) is 6.08 Å². The van der Waals surface area contributed by atoms with E-state index in [-0.39, 0.29) is 13.2 Å². The van der Waals surface area contributed by atoms with Crippen LogP contribution in [0, 0.1) is 0 Å². The van der Waals surface area contributed by atoms with Gasteiger partial charge in [0.1, 0.15) is 18.1 Å². The molecule has 8 nitrogen and oxygen atoms in total. The number of nitrogens with one attached hydrogen (secondary N) is 1. The summed E-state index contributed by atoms with van der Waals surface area (Å²) in [5.74, 6) is -0.383. The van der Waals surface area contributed by atoms with Crippen LogP contribution in [-0.2, 0) is 9.53 Å². The Labute approximate surface area is 210 Å². The van der Waals surface area contributed by atoms with E-state index in [0.29, 0.717) is 22.7 Å². The topological polar surface area (TPSA) is 114 Å². The van der Waals surface area contributed by atoms with Gasteiger partial charge in [0, 0.05) is 21.8 Å². The molecule has 35 heavy (non-hydrogen) atoms. The van der Waals surface area contributed by atoms with Crippen LogP contribution >= 0.6 is 15.9 Å². The third-order valence-electron chi connectivity index (χ3n) is 4.64. The smallest absolute Gasteiger partial charge is 0.412 e. The lowest BCUT2D eigenvalue weighted by Gasteiger charge is -2.27. The molecule has 3 aromatic rings. The van der Waals surface area contributed by atoms with Gasteiger partial charge in [0.05, 0.1) is 6.61 Å². The molecule has 0 saturated carbocycles. The number of amides is 1. The summed E-state index contributed by atoms with van der Waals surface area (Å²) in [6.45, 7) is -0.198. The first kappa shape index (κ1) is 25.8. The van der Waals surface area contributed by atoms with Crippen molar-refractivity contribution in [3.05, 3.63) is 101 Å². The van der Waals surface area contributed by atoms with E-state index in [0.717, 1.165) is 10.5 Å². The van der Waals surface area contributed by atoms with E-state index >= 15 is 0 Å². The highest BCUT2D eigenvalue weighted by Crippen LogP contribution is 2.33. The van der Waals surface area contributed by atoms with Gasteiger partial charge in [0.25, 0.3) is 0 Å². The molecule has 0 aliphatic heterocycles. The summed E-state index contributed by atoms with van der Waals surface area (Å²) in [6, 6.07) is 22.5. The number of ether oxygens (including phenoxy) is 3. The number of benzene rings is 3. The van der Waals surface area contributed by atoms with Crippen LogP contribution < -0.4 is 14.8 Å². The molecule has 0 saturated heterocycles. The second kappa shape index (κ2) is 13.2. The zero-order valence-corrected chi connectivity index (χ0v) is 20.1. The van der Waals surface area contributed by atoms with Crippen LogP contribution in [0.4, 0.5) is 10.5 Å². The van der Waals surface area contributed by atoms with E-state index in [1.54, 1.807) is 72.8 Å². The van der Waals surface area contributed by atoms with Crippen molar-refractivity contribution in [2.45, 2.75) is 12.2 Å². The van der Waals surface area contributed by atoms with Crippen LogP contribution in [0.25, 0.3) is 0 Å². The fourth-order valence-electron chi connectivity index (χ4n) is 3.14. The van der Waals surface area contributed by atoms with Gasteiger partial charge in [-0.3, -0.25) is 5.32 Å². The quantitative estimate of drug-likeness (QED) is 0.286. The Morgan fingerprint density at radius 2 is 1.66 bits per heavy atom. The number of para-hydroxylation sites is 2. The Bertz CT molecular complexity index is 1140. The highest BCUT2D eigenvalue weighted by atomic mass is 79.9. The largest absolute Gasteiger partial charge is 0.491 e. The number of hydrogen-bond acceptors (Lipinski definition) is 6. The number of carboxylic acids is 1. The molecule has 0 unspecified atom stereocenters. The number of anilines is 1. The van der Waals surface area contributed by atoms with Crippen molar-refractivity contribution in [1.29, 1.82) is 0 Å². The van der Waals surface area contributed by atoms with Gasteiger partial charge in [-0.2, -0.15) is 0 Å². The predicted molar refractivity (Wildman–Crippen MR) is 134 cm³/mol. The molecule has 0 fully saturated rings. The van der Waals surface area contributed by atoms with Gasteiger partial charge in [-0.05, 0) is 48.5 Å². The van der Waals surface area contributed by atoms with Crippen molar-refractivity contribution < 1.29 is 34.0 Å². The minimum atomic E-state index is -1.19. The monoisotopic (exact) mass is 541 g/mol. The zero-order chi connectivity index (χ0) is 25.0. The van der Waals surface area contributed by atoms with E-state index in [4.69, 9.17) is 14.2 Å². The average molecular weight is 542 g/mol. The van der Waals surface area contributed by atoms with Crippen LogP contribution in [0.15, 0.2) is 95.5 Å². The molecular formula is C26H24BrNO7. The van der Waals surface area contributed by atoms with Crippen LogP contribution in [0.5, 0.6) is 11.5 Å². The summed E-state index contributed by atoms with van der Waals surface area (Å²) >= 11 is 3.34. The predicted octanol–water partition coefficient (Wildman–Crippen LogP) is 5.20. The van der Waals surface area contributed by atoms with Gasteiger partial charge in [-0.25, -0.2) is 9.59 Å². The molecule has 0 aromatic heterocycles. The maximum absolute atomic E-state index is 12.9. The minimum absolute atomic E-state index is 0.0179. The van der Waals surface area contributed by atoms with Crippen molar-refractivity contribution in [2.75, 3.05) is 18.5 Å². The molecule has 0 radical (unpaired) electrons. The van der Waals surface area contributed by atoms with Crippen molar-refractivity contribution in [1.82, 2.24) is 0 Å². The lowest BCUT2D eigenvalue weighted by Crippen LogP contribution is -2.30. The first-order valence-electron chi connectivity index (χ1n) is 10.6. The summed E-state index contributed by atoms with van der Waals surface area (Å²) < 4.78 is 18.3. The molecule has 0 heterocycles. The van der Waals surface area contributed by atoms with E-state index in [9.17, 15) is 19.8 Å². The molecule has 3 aromatic carbocycles. The summed E-state index contributed by atoms with van der Waals surface area (Å²) in [7, 11) is 0. The van der Waals surface area contributed by atoms with Gasteiger partial charge in [0.2, 0.25) is 0 Å². The summed E-state index contributed by atoms with van der Waals surface area (Å²) in [4.78, 5) is 24.2. The lowest BCUT2D eigenvalue weighted by atomic mass is 10.0. The number of hydrogen-bond donors (Lipinski definition) is 3. The Morgan fingerprint density at radius 3 is 2.34 bits per heavy atom. The van der Waals surface area contributed by atoms with Crippen LogP contribution in [-0.4, -0.2) is 41.6 Å². The highest BCUT2D eigenvalue weighted by Gasteiger charge is 2.30. The molecule has 1 amide bonds. The van der Waals surface area contributed by atoms with Crippen LogP contribution in [0.2, 0.25) is 0 Å². The number of carboxylic acid groups (broad SMARTS) is 1. The van der Waals surface area contributed by atoms with Gasteiger partial charge in [0.15, 0.2) is 12.2 Å². The SMILES string of the molecule is O=C(O)/C=C/[C@@H](Oc1ccccc1)[C@H](OC(=O)Nc1ccc(Br)cc1)c1ccccc1OCCO. The Balaban J connectivity index is 1.98. The first-order valence-corrected chi connectivity index (χ1v) is 11.4. The van der Waals surface area contributed by atoms with Crippen LogP contribution in [0.1, 0.15) is 11.7 Å². The molecule has 182 valence electrons. The normalized spacial score (nSPS) is 12.5. The number of halogens is 1. The Morgan fingerprint density at radius 1 is 0.971 bits per heavy atom. The lowest BCUT2D eigenvalue weighted by molar-refractivity contribution is -0.131. The van der Waals surface area contributed by atoms with Gasteiger partial charge in [-0.15, -0.1) is 0 Å². The molecule has 0 aliphatic carbocycles. The number of rotatable bonds is 11. The van der Waals surface area contributed by atoms with Crippen molar-refractivity contribution in [3.8, 4) is 11.5 Å². The molecule has 2 atom stereocenters. The number of aliphatic hydroxyl groups excluding tert-OH is 1. The maximum atomic E-state index is 12.9. The van der Waals surface area contributed by atoms with E-state index in [2.05, 4.69) is 21.2 Å². The molecule has 0 bridgehead atoms.